The van der Waals surface area contributed by atoms with Crippen LogP contribution in [-0.4, -0.2) is 31.1 Å². The van der Waals surface area contributed by atoms with Crippen LogP contribution in [0.15, 0.2) is 0 Å². The molecule has 2 N–H and O–H groups in total. The molecule has 108 valence electrons. The molecule has 1 saturated carbocycles. The van der Waals surface area contributed by atoms with E-state index in [-0.39, 0.29) is 0 Å². The Morgan fingerprint density at radius 3 is 2.00 bits per heavy atom. The number of rotatable bonds is 4. The lowest BCUT2D eigenvalue weighted by Crippen LogP contribution is -2.47. The zero-order valence-electron chi connectivity index (χ0n) is 13.3. The summed E-state index contributed by atoms with van der Waals surface area (Å²) in [5.41, 5.74) is 6.86. The average molecular weight is 254 g/mol. The van der Waals surface area contributed by atoms with E-state index in [0.29, 0.717) is 16.9 Å². The third kappa shape index (κ3) is 4.24. The predicted octanol–water partition coefficient (Wildman–Crippen LogP) is 3.65. The van der Waals surface area contributed by atoms with Gasteiger partial charge in [0.2, 0.25) is 0 Å². The summed E-state index contributed by atoms with van der Waals surface area (Å²) in [6, 6.07) is 0.601. The minimum absolute atomic E-state index is 0.343. The predicted molar refractivity (Wildman–Crippen MR) is 80.7 cm³/mol. The first kappa shape index (κ1) is 16.0. The fourth-order valence-corrected chi connectivity index (χ4v) is 3.23. The molecule has 0 aromatic heterocycles. The Morgan fingerprint density at radius 1 is 1.11 bits per heavy atom. The molecular formula is C16H34N2. The number of hydrogen-bond donors (Lipinski definition) is 1. The van der Waals surface area contributed by atoms with Crippen LogP contribution in [0.5, 0.6) is 0 Å². The Labute approximate surface area is 114 Å². The summed E-state index contributed by atoms with van der Waals surface area (Å²) in [6.07, 6.45) is 8.19. The molecule has 0 bridgehead atoms. The molecule has 0 heterocycles. The first-order valence-electron chi connectivity index (χ1n) is 7.71. The highest BCUT2D eigenvalue weighted by molar-refractivity contribution is 4.88. The molecule has 0 aromatic rings. The van der Waals surface area contributed by atoms with Crippen LogP contribution >= 0.6 is 0 Å². The standard InChI is InChI=1S/C16H34N2/c1-14(15(2,3)4)18(5)13-16(12-17)10-8-6-7-9-11-16/h14H,6-13,17H2,1-5H3. The number of hydrogen-bond acceptors (Lipinski definition) is 2. The van der Waals surface area contributed by atoms with E-state index < -0.39 is 0 Å². The van der Waals surface area contributed by atoms with Crippen molar-refractivity contribution < 1.29 is 0 Å². The van der Waals surface area contributed by atoms with Gasteiger partial charge in [-0.05, 0) is 44.2 Å². The molecule has 1 atom stereocenters. The van der Waals surface area contributed by atoms with E-state index in [1.54, 1.807) is 0 Å². The summed E-state index contributed by atoms with van der Waals surface area (Å²) < 4.78 is 0. The van der Waals surface area contributed by atoms with Gasteiger partial charge < -0.3 is 10.6 Å². The minimum atomic E-state index is 0.343. The van der Waals surface area contributed by atoms with E-state index >= 15 is 0 Å². The lowest BCUT2D eigenvalue weighted by atomic mass is 9.78. The van der Waals surface area contributed by atoms with Crippen molar-refractivity contribution in [1.29, 1.82) is 0 Å². The summed E-state index contributed by atoms with van der Waals surface area (Å²) in [6.45, 7) is 11.4. The summed E-state index contributed by atoms with van der Waals surface area (Å²) in [4.78, 5) is 2.54. The first-order valence-corrected chi connectivity index (χ1v) is 7.71. The van der Waals surface area contributed by atoms with E-state index in [1.165, 1.54) is 45.1 Å². The highest BCUT2D eigenvalue weighted by Gasteiger charge is 2.34. The molecule has 0 amide bonds. The molecule has 0 aromatic carbocycles. The van der Waals surface area contributed by atoms with Crippen LogP contribution in [0.4, 0.5) is 0 Å². The second-order valence-corrected chi connectivity index (χ2v) is 7.58. The van der Waals surface area contributed by atoms with Gasteiger partial charge >= 0.3 is 0 Å². The van der Waals surface area contributed by atoms with E-state index in [1.807, 2.05) is 0 Å². The van der Waals surface area contributed by atoms with Crippen LogP contribution in [0.3, 0.4) is 0 Å². The van der Waals surface area contributed by atoms with Crippen molar-refractivity contribution in [3.8, 4) is 0 Å². The van der Waals surface area contributed by atoms with E-state index in [0.717, 1.165) is 6.54 Å². The number of nitrogens with two attached hydrogens (primary N) is 1. The van der Waals surface area contributed by atoms with Crippen molar-refractivity contribution in [1.82, 2.24) is 4.90 Å². The molecular weight excluding hydrogens is 220 g/mol. The quantitative estimate of drug-likeness (QED) is 0.776. The summed E-state index contributed by atoms with van der Waals surface area (Å²) in [7, 11) is 2.28. The van der Waals surface area contributed by atoms with Gasteiger partial charge in [0.1, 0.15) is 0 Å². The molecule has 1 aliphatic carbocycles. The third-order valence-corrected chi connectivity index (χ3v) is 5.10. The van der Waals surface area contributed by atoms with Gasteiger partial charge in [-0.15, -0.1) is 0 Å². The third-order valence-electron chi connectivity index (χ3n) is 5.10. The normalized spacial score (nSPS) is 22.8. The maximum atomic E-state index is 6.14. The van der Waals surface area contributed by atoms with Crippen LogP contribution in [0.2, 0.25) is 0 Å². The molecule has 1 aliphatic rings. The molecule has 0 spiro atoms. The second kappa shape index (κ2) is 6.38. The van der Waals surface area contributed by atoms with Crippen molar-refractivity contribution in [3.05, 3.63) is 0 Å². The fourth-order valence-electron chi connectivity index (χ4n) is 3.23. The van der Waals surface area contributed by atoms with Crippen LogP contribution in [-0.2, 0) is 0 Å². The van der Waals surface area contributed by atoms with Crippen molar-refractivity contribution >= 4 is 0 Å². The minimum Gasteiger partial charge on any atom is -0.330 e. The highest BCUT2D eigenvalue weighted by Crippen LogP contribution is 2.36. The summed E-state index contributed by atoms with van der Waals surface area (Å²) in [5.74, 6) is 0. The van der Waals surface area contributed by atoms with Crippen molar-refractivity contribution in [3.63, 3.8) is 0 Å². The van der Waals surface area contributed by atoms with Gasteiger partial charge in [-0.1, -0.05) is 46.5 Å². The topological polar surface area (TPSA) is 29.3 Å². The summed E-state index contributed by atoms with van der Waals surface area (Å²) in [5, 5.41) is 0. The van der Waals surface area contributed by atoms with Gasteiger partial charge in [-0.25, -0.2) is 0 Å². The Morgan fingerprint density at radius 2 is 1.61 bits per heavy atom. The average Bonchev–Trinajstić information content (AvgIpc) is 2.53. The largest absolute Gasteiger partial charge is 0.330 e. The molecule has 1 fully saturated rings. The van der Waals surface area contributed by atoms with Crippen molar-refractivity contribution in [2.75, 3.05) is 20.1 Å². The Hall–Kier alpha value is -0.0800. The van der Waals surface area contributed by atoms with E-state index in [2.05, 4.69) is 39.6 Å². The zero-order valence-corrected chi connectivity index (χ0v) is 13.3. The van der Waals surface area contributed by atoms with Crippen LogP contribution < -0.4 is 5.73 Å². The molecule has 0 saturated heterocycles. The smallest absolute Gasteiger partial charge is 0.0113 e. The monoisotopic (exact) mass is 254 g/mol. The Bertz CT molecular complexity index is 234. The zero-order chi connectivity index (χ0) is 13.8. The highest BCUT2D eigenvalue weighted by atomic mass is 15.1. The maximum Gasteiger partial charge on any atom is 0.0113 e. The molecule has 0 aliphatic heterocycles. The maximum absolute atomic E-state index is 6.14. The van der Waals surface area contributed by atoms with Gasteiger partial charge in [0.05, 0.1) is 0 Å². The van der Waals surface area contributed by atoms with Crippen molar-refractivity contribution in [2.45, 2.75) is 72.3 Å². The Kier molecular flexibility index (Phi) is 5.67. The lowest BCUT2D eigenvalue weighted by molar-refractivity contribution is 0.0782. The van der Waals surface area contributed by atoms with Gasteiger partial charge in [0, 0.05) is 12.6 Å². The molecule has 1 unspecified atom stereocenters. The van der Waals surface area contributed by atoms with Gasteiger partial charge in [-0.3, -0.25) is 0 Å². The Balaban J connectivity index is 2.66. The van der Waals surface area contributed by atoms with Gasteiger partial charge in [0.25, 0.3) is 0 Å². The second-order valence-electron chi connectivity index (χ2n) is 7.58. The fraction of sp³-hybridized carbons (Fsp3) is 1.00. The van der Waals surface area contributed by atoms with E-state index in [4.69, 9.17) is 5.73 Å². The van der Waals surface area contributed by atoms with Crippen LogP contribution in [0.1, 0.15) is 66.2 Å². The molecule has 1 rings (SSSR count). The molecule has 2 nitrogen and oxygen atoms in total. The SMILES string of the molecule is CC(N(C)CC1(CN)CCCCCC1)C(C)(C)C. The van der Waals surface area contributed by atoms with Crippen molar-refractivity contribution in [2.24, 2.45) is 16.6 Å². The van der Waals surface area contributed by atoms with Crippen LogP contribution in [0, 0.1) is 10.8 Å². The van der Waals surface area contributed by atoms with Gasteiger partial charge in [0.15, 0.2) is 0 Å². The summed E-state index contributed by atoms with van der Waals surface area (Å²) >= 11 is 0. The van der Waals surface area contributed by atoms with Gasteiger partial charge in [-0.2, -0.15) is 0 Å². The molecule has 0 radical (unpaired) electrons. The first-order chi connectivity index (χ1) is 8.31. The number of nitrogens with zero attached hydrogens (tertiary/aromatic N) is 1. The molecule has 2 heteroatoms. The molecule has 18 heavy (non-hydrogen) atoms. The lowest BCUT2D eigenvalue weighted by Gasteiger charge is -2.42. The van der Waals surface area contributed by atoms with E-state index in [9.17, 15) is 0 Å². The van der Waals surface area contributed by atoms with Crippen LogP contribution in [0.25, 0.3) is 0 Å².